The van der Waals surface area contributed by atoms with Crippen LogP contribution in [0.5, 0.6) is 0 Å². The lowest BCUT2D eigenvalue weighted by molar-refractivity contribution is 0.0442. The molecule has 6 heteroatoms. The second-order valence-corrected chi connectivity index (χ2v) is 5.33. The Balaban J connectivity index is 1.56. The van der Waals surface area contributed by atoms with Gasteiger partial charge in [0.05, 0.1) is 6.54 Å². The first-order valence-electron chi connectivity index (χ1n) is 7.45. The largest absolute Gasteiger partial charge is 0.452 e. The third-order valence-electron chi connectivity index (χ3n) is 3.45. The number of ether oxygens (including phenoxy) is 1. The Morgan fingerprint density at radius 2 is 1.96 bits per heavy atom. The van der Waals surface area contributed by atoms with E-state index in [1.165, 1.54) is 6.07 Å². The molecule has 1 aromatic carbocycles. The number of rotatable bonds is 6. The predicted molar refractivity (Wildman–Crippen MR) is 85.8 cm³/mol. The minimum atomic E-state index is -0.665. The van der Waals surface area contributed by atoms with Crippen LogP contribution >= 0.6 is 0 Å². The van der Waals surface area contributed by atoms with E-state index in [1.54, 1.807) is 41.3 Å². The van der Waals surface area contributed by atoms with Gasteiger partial charge in [0, 0.05) is 18.0 Å². The molecule has 0 unspecified atom stereocenters. The summed E-state index contributed by atoms with van der Waals surface area (Å²) in [6.45, 7) is 2.03. The summed E-state index contributed by atoms with van der Waals surface area (Å²) in [5, 5.41) is 4.06. The summed E-state index contributed by atoms with van der Waals surface area (Å²) in [5.41, 5.74) is 1.57. The van der Waals surface area contributed by atoms with Crippen LogP contribution in [0.25, 0.3) is 0 Å². The molecule has 0 aliphatic rings. The van der Waals surface area contributed by atoms with E-state index in [9.17, 15) is 9.59 Å². The number of Topliss-reactive ketones (excluding diaryl/α,β-unsaturated/α-hetero) is 1. The Hall–Kier alpha value is -3.15. The van der Waals surface area contributed by atoms with Gasteiger partial charge in [-0.1, -0.05) is 29.8 Å². The lowest BCUT2D eigenvalue weighted by Crippen LogP contribution is -2.13. The fraction of sp³-hybridized carbons (Fsp3) is 0.167. The Morgan fingerprint density at radius 1 is 1.17 bits per heavy atom. The van der Waals surface area contributed by atoms with E-state index >= 15 is 0 Å². The number of furan rings is 1. The van der Waals surface area contributed by atoms with E-state index in [0.717, 1.165) is 5.56 Å². The average Bonchev–Trinajstić information content (AvgIpc) is 3.25. The Kier molecular flexibility index (Phi) is 4.56. The molecule has 0 aliphatic carbocycles. The third kappa shape index (κ3) is 3.78. The van der Waals surface area contributed by atoms with E-state index in [0.29, 0.717) is 17.9 Å². The lowest BCUT2D eigenvalue weighted by Gasteiger charge is -2.03. The number of ketones is 1. The van der Waals surface area contributed by atoms with Crippen LogP contribution in [0.4, 0.5) is 0 Å². The summed E-state index contributed by atoms with van der Waals surface area (Å²) in [7, 11) is 0. The fourth-order valence-corrected chi connectivity index (χ4v) is 2.15. The summed E-state index contributed by atoms with van der Waals surface area (Å²) < 4.78 is 12.1. The van der Waals surface area contributed by atoms with Crippen molar-refractivity contribution < 1.29 is 18.7 Å². The zero-order valence-corrected chi connectivity index (χ0v) is 13.1. The van der Waals surface area contributed by atoms with Crippen molar-refractivity contribution >= 4 is 11.8 Å². The highest BCUT2D eigenvalue weighted by Gasteiger charge is 2.15. The topological polar surface area (TPSA) is 74.3 Å². The lowest BCUT2D eigenvalue weighted by atomic mass is 10.1. The molecule has 122 valence electrons. The zero-order chi connectivity index (χ0) is 16.9. The van der Waals surface area contributed by atoms with Gasteiger partial charge in [0.1, 0.15) is 5.76 Å². The van der Waals surface area contributed by atoms with Crippen molar-refractivity contribution in [3.05, 3.63) is 77.5 Å². The highest BCUT2D eigenvalue weighted by atomic mass is 16.5. The summed E-state index contributed by atoms with van der Waals surface area (Å²) in [5.74, 6) is -0.279. The number of nitrogens with zero attached hydrogens (tertiary/aromatic N) is 2. The van der Waals surface area contributed by atoms with Crippen molar-refractivity contribution in [3.8, 4) is 0 Å². The molecule has 3 aromatic rings. The normalized spacial score (nSPS) is 10.5. The van der Waals surface area contributed by atoms with Crippen molar-refractivity contribution in [2.45, 2.75) is 13.5 Å². The molecular weight excluding hydrogens is 308 g/mol. The molecule has 0 aliphatic heterocycles. The van der Waals surface area contributed by atoms with Crippen molar-refractivity contribution in [1.29, 1.82) is 0 Å². The molecule has 2 heterocycles. The van der Waals surface area contributed by atoms with E-state index in [-0.39, 0.29) is 18.2 Å². The van der Waals surface area contributed by atoms with Crippen LogP contribution in [0.3, 0.4) is 0 Å². The molecule has 0 saturated heterocycles. The summed E-state index contributed by atoms with van der Waals surface area (Å²) >= 11 is 0. The SMILES string of the molecule is Cc1ccc(C(=O)COC(=O)c2ccc(Cn3cccn3)o2)cc1. The van der Waals surface area contributed by atoms with E-state index in [2.05, 4.69) is 5.10 Å². The van der Waals surface area contributed by atoms with Gasteiger partial charge >= 0.3 is 5.97 Å². The van der Waals surface area contributed by atoms with Gasteiger partial charge in [-0.2, -0.15) is 5.10 Å². The number of esters is 1. The first-order chi connectivity index (χ1) is 11.6. The molecule has 0 spiro atoms. The van der Waals surface area contributed by atoms with Gasteiger partial charge in [0.25, 0.3) is 0 Å². The number of hydrogen-bond acceptors (Lipinski definition) is 5. The van der Waals surface area contributed by atoms with Crippen molar-refractivity contribution in [3.63, 3.8) is 0 Å². The first kappa shape index (κ1) is 15.7. The highest BCUT2D eigenvalue weighted by Crippen LogP contribution is 2.11. The maximum absolute atomic E-state index is 12.0. The summed E-state index contributed by atoms with van der Waals surface area (Å²) in [6, 6.07) is 12.1. The maximum Gasteiger partial charge on any atom is 0.374 e. The molecule has 0 amide bonds. The highest BCUT2D eigenvalue weighted by molar-refractivity contribution is 5.98. The molecule has 2 aromatic heterocycles. The van der Waals surface area contributed by atoms with Crippen molar-refractivity contribution in [2.75, 3.05) is 6.61 Å². The minimum absolute atomic E-state index is 0.0638. The fourth-order valence-electron chi connectivity index (χ4n) is 2.15. The van der Waals surface area contributed by atoms with Gasteiger partial charge in [-0.25, -0.2) is 4.79 Å². The quantitative estimate of drug-likeness (QED) is 0.515. The Bertz CT molecular complexity index is 832. The minimum Gasteiger partial charge on any atom is -0.452 e. The zero-order valence-electron chi connectivity index (χ0n) is 13.1. The molecule has 0 atom stereocenters. The van der Waals surface area contributed by atoms with Gasteiger partial charge in [-0.05, 0) is 25.1 Å². The second-order valence-electron chi connectivity index (χ2n) is 5.33. The molecule has 0 saturated carbocycles. The van der Waals surface area contributed by atoms with E-state index in [1.807, 2.05) is 19.1 Å². The average molecular weight is 324 g/mol. The number of hydrogen-bond donors (Lipinski definition) is 0. The number of carbonyl (C=O) groups is 2. The van der Waals surface area contributed by atoms with Crippen molar-refractivity contribution in [1.82, 2.24) is 9.78 Å². The number of aryl methyl sites for hydroxylation is 1. The Morgan fingerprint density at radius 3 is 2.67 bits per heavy atom. The predicted octanol–water partition coefficient (Wildman–Crippen LogP) is 2.87. The van der Waals surface area contributed by atoms with Crippen LogP contribution in [-0.2, 0) is 11.3 Å². The number of carbonyl (C=O) groups excluding carboxylic acids is 2. The number of aromatic nitrogens is 2. The molecule has 0 N–H and O–H groups in total. The van der Waals surface area contributed by atoms with Crippen LogP contribution in [0.15, 0.2) is 59.3 Å². The third-order valence-corrected chi connectivity index (χ3v) is 3.45. The molecular formula is C18H16N2O4. The van der Waals surface area contributed by atoms with Crippen LogP contribution in [-0.4, -0.2) is 28.1 Å². The molecule has 3 rings (SSSR count). The van der Waals surface area contributed by atoms with Crippen LogP contribution in [0.1, 0.15) is 32.2 Å². The first-order valence-corrected chi connectivity index (χ1v) is 7.45. The standard InChI is InChI=1S/C18H16N2O4/c1-13-3-5-14(6-4-13)16(21)12-23-18(22)17-8-7-15(24-17)11-20-10-2-9-19-20/h2-10H,11-12H2,1H3. The smallest absolute Gasteiger partial charge is 0.374 e. The molecule has 24 heavy (non-hydrogen) atoms. The van der Waals surface area contributed by atoms with Gasteiger partial charge in [0.2, 0.25) is 5.76 Å². The van der Waals surface area contributed by atoms with Gasteiger partial charge in [-0.3, -0.25) is 9.48 Å². The van der Waals surface area contributed by atoms with Gasteiger partial charge < -0.3 is 9.15 Å². The Labute approximate surface area is 138 Å². The van der Waals surface area contributed by atoms with E-state index < -0.39 is 5.97 Å². The molecule has 6 nitrogen and oxygen atoms in total. The second kappa shape index (κ2) is 6.95. The monoisotopic (exact) mass is 324 g/mol. The summed E-state index contributed by atoms with van der Waals surface area (Å²) in [4.78, 5) is 23.9. The molecule has 0 bridgehead atoms. The molecule has 0 fully saturated rings. The summed E-state index contributed by atoms with van der Waals surface area (Å²) in [6.07, 6.45) is 3.45. The number of benzene rings is 1. The van der Waals surface area contributed by atoms with Gasteiger partial charge in [-0.15, -0.1) is 0 Å². The van der Waals surface area contributed by atoms with Gasteiger partial charge in [0.15, 0.2) is 12.4 Å². The van der Waals surface area contributed by atoms with Crippen molar-refractivity contribution in [2.24, 2.45) is 0 Å². The van der Waals surface area contributed by atoms with Crippen LogP contribution in [0, 0.1) is 6.92 Å². The van der Waals surface area contributed by atoms with Crippen LogP contribution in [0.2, 0.25) is 0 Å². The van der Waals surface area contributed by atoms with Crippen LogP contribution < -0.4 is 0 Å². The maximum atomic E-state index is 12.0. The molecule has 0 radical (unpaired) electrons. The van der Waals surface area contributed by atoms with E-state index in [4.69, 9.17) is 9.15 Å².